The van der Waals surface area contributed by atoms with Crippen LogP contribution in [0, 0.1) is 10.1 Å². The zero-order valence-electron chi connectivity index (χ0n) is 10.6. The van der Waals surface area contributed by atoms with Crippen LogP contribution in [-0.2, 0) is 13.6 Å². The maximum atomic E-state index is 11.2. The second-order valence-corrected chi connectivity index (χ2v) is 4.13. The molecule has 1 aromatic carbocycles. The van der Waals surface area contributed by atoms with Crippen molar-refractivity contribution in [1.82, 2.24) is 9.78 Å². The number of anilines is 1. The first-order valence-electron chi connectivity index (χ1n) is 5.71. The number of hydrogen-bond acceptors (Lipinski definition) is 5. The average molecular weight is 276 g/mol. The lowest BCUT2D eigenvalue weighted by molar-refractivity contribution is -0.385. The molecule has 2 N–H and O–H groups in total. The number of aryl methyl sites for hydroxylation is 1. The molecule has 0 saturated carbocycles. The van der Waals surface area contributed by atoms with E-state index in [0.29, 0.717) is 11.3 Å². The van der Waals surface area contributed by atoms with Crippen molar-refractivity contribution in [3.63, 3.8) is 0 Å². The molecule has 104 valence electrons. The Morgan fingerprint density at radius 3 is 2.85 bits per heavy atom. The van der Waals surface area contributed by atoms with E-state index in [-0.39, 0.29) is 12.1 Å². The first-order valence-corrected chi connectivity index (χ1v) is 5.71. The van der Waals surface area contributed by atoms with Crippen LogP contribution in [0.25, 0.3) is 0 Å². The number of benzene rings is 1. The Hall–Kier alpha value is -2.90. The van der Waals surface area contributed by atoms with Gasteiger partial charge in [0, 0.05) is 25.9 Å². The predicted octanol–water partition coefficient (Wildman–Crippen LogP) is 1.64. The van der Waals surface area contributed by atoms with E-state index in [1.165, 1.54) is 12.1 Å². The molecule has 0 aliphatic rings. The lowest BCUT2D eigenvalue weighted by Gasteiger charge is -2.07. The number of aromatic carboxylic acids is 1. The zero-order valence-corrected chi connectivity index (χ0v) is 10.6. The third-order valence-electron chi connectivity index (χ3n) is 2.73. The Bertz CT molecular complexity index is 665. The Kier molecular flexibility index (Phi) is 3.65. The first-order chi connectivity index (χ1) is 9.49. The fourth-order valence-corrected chi connectivity index (χ4v) is 1.84. The molecule has 1 heterocycles. The molecule has 0 spiro atoms. The minimum absolute atomic E-state index is 0.162. The number of hydrogen-bond donors (Lipinski definition) is 2. The topological polar surface area (TPSA) is 110 Å². The third-order valence-corrected chi connectivity index (χ3v) is 2.73. The first kappa shape index (κ1) is 13.5. The monoisotopic (exact) mass is 276 g/mol. The summed E-state index contributed by atoms with van der Waals surface area (Å²) < 4.78 is 1.59. The molecule has 0 amide bonds. The summed E-state index contributed by atoms with van der Waals surface area (Å²) in [6.07, 6.45) is 3.30. The summed E-state index contributed by atoms with van der Waals surface area (Å²) in [4.78, 5) is 21.4. The number of rotatable bonds is 5. The zero-order chi connectivity index (χ0) is 14.7. The van der Waals surface area contributed by atoms with Crippen LogP contribution < -0.4 is 5.32 Å². The van der Waals surface area contributed by atoms with E-state index in [1.54, 1.807) is 30.2 Å². The van der Waals surface area contributed by atoms with Crippen LogP contribution >= 0.6 is 0 Å². The molecule has 0 fully saturated rings. The van der Waals surface area contributed by atoms with Crippen molar-refractivity contribution < 1.29 is 14.8 Å². The van der Waals surface area contributed by atoms with Crippen molar-refractivity contribution in [2.24, 2.45) is 7.05 Å². The average Bonchev–Trinajstić information content (AvgIpc) is 2.81. The molecule has 0 atom stereocenters. The summed E-state index contributed by atoms with van der Waals surface area (Å²) >= 11 is 0. The Labute approximate surface area is 113 Å². The minimum Gasteiger partial charge on any atom is -0.477 e. The van der Waals surface area contributed by atoms with Gasteiger partial charge in [-0.3, -0.25) is 14.8 Å². The Morgan fingerprint density at radius 2 is 2.30 bits per heavy atom. The Balaban J connectivity index is 2.29. The van der Waals surface area contributed by atoms with Gasteiger partial charge in [0.05, 0.1) is 16.8 Å². The molecule has 2 aromatic rings. The van der Waals surface area contributed by atoms with Gasteiger partial charge in [-0.2, -0.15) is 5.10 Å². The summed E-state index contributed by atoms with van der Waals surface area (Å²) in [5, 5.41) is 26.9. The van der Waals surface area contributed by atoms with Crippen molar-refractivity contribution in [3.8, 4) is 0 Å². The number of nitro groups is 1. The minimum atomic E-state index is -1.32. The maximum Gasteiger partial charge on any atom is 0.343 e. The van der Waals surface area contributed by atoms with Gasteiger partial charge in [-0.1, -0.05) is 12.1 Å². The van der Waals surface area contributed by atoms with E-state index in [4.69, 9.17) is 5.11 Å². The van der Waals surface area contributed by atoms with Gasteiger partial charge < -0.3 is 10.4 Å². The standard InChI is InChI=1S/C12H12N4O4/c1-15-7-9(6-14-15)13-5-8-3-2-4-10(16(19)20)11(8)12(17)18/h2-4,6-7,13H,5H2,1H3,(H,17,18). The molecule has 0 bridgehead atoms. The lowest BCUT2D eigenvalue weighted by Crippen LogP contribution is -2.10. The second kappa shape index (κ2) is 5.39. The highest BCUT2D eigenvalue weighted by molar-refractivity contribution is 5.94. The van der Waals surface area contributed by atoms with Gasteiger partial charge in [0.15, 0.2) is 0 Å². The molecular formula is C12H12N4O4. The van der Waals surface area contributed by atoms with Crippen LogP contribution in [0.4, 0.5) is 11.4 Å². The van der Waals surface area contributed by atoms with Crippen LogP contribution in [0.2, 0.25) is 0 Å². The lowest BCUT2D eigenvalue weighted by atomic mass is 10.1. The molecule has 8 nitrogen and oxygen atoms in total. The molecule has 2 rings (SSSR count). The molecule has 20 heavy (non-hydrogen) atoms. The molecule has 0 aliphatic carbocycles. The van der Waals surface area contributed by atoms with Crippen LogP contribution in [0.5, 0.6) is 0 Å². The number of carboxylic acid groups (broad SMARTS) is 1. The van der Waals surface area contributed by atoms with Gasteiger partial charge in [0.25, 0.3) is 5.69 Å². The highest BCUT2D eigenvalue weighted by atomic mass is 16.6. The van der Waals surface area contributed by atoms with Crippen molar-refractivity contribution in [2.45, 2.75) is 6.54 Å². The second-order valence-electron chi connectivity index (χ2n) is 4.13. The molecule has 1 aromatic heterocycles. The van der Waals surface area contributed by atoms with E-state index in [2.05, 4.69) is 10.4 Å². The van der Waals surface area contributed by atoms with Crippen LogP contribution in [0.3, 0.4) is 0 Å². The summed E-state index contributed by atoms with van der Waals surface area (Å²) in [6.45, 7) is 0.162. The maximum absolute atomic E-state index is 11.2. The van der Waals surface area contributed by atoms with E-state index in [9.17, 15) is 14.9 Å². The van der Waals surface area contributed by atoms with Gasteiger partial charge >= 0.3 is 5.97 Å². The number of carbonyl (C=O) groups is 1. The normalized spacial score (nSPS) is 10.2. The van der Waals surface area contributed by atoms with E-state index < -0.39 is 16.6 Å². The van der Waals surface area contributed by atoms with Gasteiger partial charge in [-0.15, -0.1) is 0 Å². The number of carboxylic acids is 1. The van der Waals surface area contributed by atoms with Crippen LogP contribution in [0.1, 0.15) is 15.9 Å². The molecule has 0 aliphatic heterocycles. The van der Waals surface area contributed by atoms with Crippen LogP contribution in [-0.4, -0.2) is 25.8 Å². The molecule has 0 radical (unpaired) electrons. The van der Waals surface area contributed by atoms with Gasteiger partial charge in [-0.05, 0) is 5.56 Å². The SMILES string of the molecule is Cn1cc(NCc2cccc([N+](=O)[O-])c2C(=O)O)cn1. The number of nitrogens with one attached hydrogen (secondary N) is 1. The third kappa shape index (κ3) is 2.74. The van der Waals surface area contributed by atoms with Crippen molar-refractivity contribution in [3.05, 3.63) is 51.8 Å². The van der Waals surface area contributed by atoms with E-state index in [0.717, 1.165) is 0 Å². The smallest absolute Gasteiger partial charge is 0.343 e. The summed E-state index contributed by atoms with van der Waals surface area (Å²) in [7, 11) is 1.75. The van der Waals surface area contributed by atoms with Gasteiger partial charge in [0.2, 0.25) is 0 Å². The van der Waals surface area contributed by atoms with Gasteiger partial charge in [-0.25, -0.2) is 4.79 Å². The fraction of sp³-hybridized carbons (Fsp3) is 0.167. The molecular weight excluding hydrogens is 264 g/mol. The predicted molar refractivity (Wildman–Crippen MR) is 70.6 cm³/mol. The van der Waals surface area contributed by atoms with Crippen molar-refractivity contribution in [2.75, 3.05) is 5.32 Å². The number of nitrogens with zero attached hydrogens (tertiary/aromatic N) is 3. The van der Waals surface area contributed by atoms with Gasteiger partial charge in [0.1, 0.15) is 5.56 Å². The Morgan fingerprint density at radius 1 is 1.55 bits per heavy atom. The van der Waals surface area contributed by atoms with Crippen LogP contribution in [0.15, 0.2) is 30.6 Å². The van der Waals surface area contributed by atoms with E-state index in [1.807, 2.05) is 0 Å². The molecule has 0 saturated heterocycles. The summed E-state index contributed by atoms with van der Waals surface area (Å²) in [5.41, 5.74) is 0.336. The largest absolute Gasteiger partial charge is 0.477 e. The number of aromatic nitrogens is 2. The van der Waals surface area contributed by atoms with Crippen molar-refractivity contribution >= 4 is 17.3 Å². The highest BCUT2D eigenvalue weighted by Crippen LogP contribution is 2.23. The quantitative estimate of drug-likeness (QED) is 0.634. The van der Waals surface area contributed by atoms with E-state index >= 15 is 0 Å². The summed E-state index contributed by atoms with van der Waals surface area (Å²) in [6, 6.07) is 4.18. The number of nitro benzene ring substituents is 1. The summed E-state index contributed by atoms with van der Waals surface area (Å²) in [5.74, 6) is -1.32. The molecule has 0 unspecified atom stereocenters. The van der Waals surface area contributed by atoms with Crippen molar-refractivity contribution in [1.29, 1.82) is 0 Å². The fourth-order valence-electron chi connectivity index (χ4n) is 1.84. The highest BCUT2D eigenvalue weighted by Gasteiger charge is 2.23. The molecule has 8 heteroatoms.